The van der Waals surface area contributed by atoms with Crippen LogP contribution in [0.15, 0.2) is 114 Å². The molecule has 1 heterocycles. The van der Waals surface area contributed by atoms with Crippen molar-refractivity contribution in [1.29, 1.82) is 0 Å². The standard InChI is InChI=1S/C33H30N2/c1-33(2,3)29-21-19-27(20-22-29)32-24-31(34-35(32)30-15-8-5-9-16-30)28-14-10-13-26(23-28)18-17-25-11-6-4-7-12-25/h4-16,19-23,32H,24H2,1-3H3. The summed E-state index contributed by atoms with van der Waals surface area (Å²) in [7, 11) is 0. The molecule has 0 fully saturated rings. The molecule has 0 radical (unpaired) electrons. The lowest BCUT2D eigenvalue weighted by Gasteiger charge is -2.25. The average Bonchev–Trinajstić information content (AvgIpc) is 3.34. The highest BCUT2D eigenvalue weighted by molar-refractivity contribution is 6.03. The summed E-state index contributed by atoms with van der Waals surface area (Å²) < 4.78 is 0. The van der Waals surface area contributed by atoms with Crippen molar-refractivity contribution in [2.24, 2.45) is 5.10 Å². The van der Waals surface area contributed by atoms with E-state index in [1.54, 1.807) is 0 Å². The Kier molecular flexibility index (Phi) is 6.25. The van der Waals surface area contributed by atoms with Crippen molar-refractivity contribution in [3.8, 4) is 11.8 Å². The lowest BCUT2D eigenvalue weighted by molar-refractivity contribution is 0.589. The van der Waals surface area contributed by atoms with Crippen LogP contribution in [0.3, 0.4) is 0 Å². The third kappa shape index (κ3) is 5.20. The molecule has 1 unspecified atom stereocenters. The predicted octanol–water partition coefficient (Wildman–Crippen LogP) is 7.74. The normalized spacial score (nSPS) is 15.3. The maximum Gasteiger partial charge on any atom is 0.0831 e. The molecular formula is C33H30N2. The molecule has 2 nitrogen and oxygen atoms in total. The van der Waals surface area contributed by atoms with Crippen LogP contribution in [0.4, 0.5) is 5.69 Å². The van der Waals surface area contributed by atoms with E-state index in [9.17, 15) is 0 Å². The summed E-state index contributed by atoms with van der Waals surface area (Å²) in [5.41, 5.74) is 8.09. The Morgan fingerprint density at radius 1 is 0.714 bits per heavy atom. The molecule has 1 atom stereocenters. The van der Waals surface area contributed by atoms with Crippen LogP contribution in [-0.2, 0) is 5.41 Å². The summed E-state index contributed by atoms with van der Waals surface area (Å²) in [6.45, 7) is 6.76. The number of para-hydroxylation sites is 1. The fourth-order valence-electron chi connectivity index (χ4n) is 4.41. The highest BCUT2D eigenvalue weighted by atomic mass is 15.5. The molecule has 1 aliphatic rings. The van der Waals surface area contributed by atoms with Crippen molar-refractivity contribution in [3.63, 3.8) is 0 Å². The molecule has 0 bridgehead atoms. The maximum atomic E-state index is 5.12. The molecule has 35 heavy (non-hydrogen) atoms. The van der Waals surface area contributed by atoms with Gasteiger partial charge in [0, 0.05) is 17.5 Å². The van der Waals surface area contributed by atoms with E-state index in [4.69, 9.17) is 5.10 Å². The van der Waals surface area contributed by atoms with Gasteiger partial charge in [-0.1, -0.05) is 105 Å². The van der Waals surface area contributed by atoms with Crippen LogP contribution in [0, 0.1) is 11.8 Å². The first kappa shape index (κ1) is 22.7. The molecule has 0 N–H and O–H groups in total. The van der Waals surface area contributed by atoms with Gasteiger partial charge in [-0.25, -0.2) is 0 Å². The van der Waals surface area contributed by atoms with Crippen molar-refractivity contribution in [2.75, 3.05) is 5.01 Å². The minimum atomic E-state index is 0.135. The predicted molar refractivity (Wildman–Crippen MR) is 147 cm³/mol. The Bertz CT molecular complexity index is 1380. The molecule has 0 saturated heterocycles. The van der Waals surface area contributed by atoms with Crippen LogP contribution in [0.25, 0.3) is 0 Å². The van der Waals surface area contributed by atoms with E-state index in [0.29, 0.717) is 0 Å². The summed E-state index contributed by atoms with van der Waals surface area (Å²) in [6.07, 6.45) is 0.847. The minimum Gasteiger partial charge on any atom is -0.257 e. The molecule has 172 valence electrons. The SMILES string of the molecule is CC(C)(C)c1ccc(C2CC(c3cccc(C#Cc4ccccc4)c3)=NN2c2ccccc2)cc1. The first-order valence-corrected chi connectivity index (χ1v) is 12.2. The summed E-state index contributed by atoms with van der Waals surface area (Å²) in [6, 6.07) is 38.2. The monoisotopic (exact) mass is 454 g/mol. The number of hydrazone groups is 1. The Balaban J connectivity index is 1.47. The number of hydrogen-bond donors (Lipinski definition) is 0. The van der Waals surface area contributed by atoms with Crippen LogP contribution >= 0.6 is 0 Å². The van der Waals surface area contributed by atoms with Crippen LogP contribution in [-0.4, -0.2) is 5.71 Å². The molecule has 0 amide bonds. The van der Waals surface area contributed by atoms with Crippen LogP contribution in [0.5, 0.6) is 0 Å². The van der Waals surface area contributed by atoms with E-state index < -0.39 is 0 Å². The lowest BCUT2D eigenvalue weighted by Crippen LogP contribution is -2.19. The second kappa shape index (κ2) is 9.65. The van der Waals surface area contributed by atoms with Crippen molar-refractivity contribution in [1.82, 2.24) is 0 Å². The minimum absolute atomic E-state index is 0.135. The van der Waals surface area contributed by atoms with E-state index in [1.807, 2.05) is 36.4 Å². The highest BCUT2D eigenvalue weighted by Gasteiger charge is 2.30. The molecule has 0 saturated carbocycles. The van der Waals surface area contributed by atoms with Gasteiger partial charge in [0.25, 0.3) is 0 Å². The summed E-state index contributed by atoms with van der Waals surface area (Å²) >= 11 is 0. The van der Waals surface area contributed by atoms with Gasteiger partial charge in [0.1, 0.15) is 0 Å². The molecule has 5 rings (SSSR count). The van der Waals surface area contributed by atoms with E-state index in [0.717, 1.165) is 34.5 Å². The Morgan fingerprint density at radius 3 is 2.03 bits per heavy atom. The summed E-state index contributed by atoms with van der Waals surface area (Å²) in [4.78, 5) is 0. The van der Waals surface area contributed by atoms with Gasteiger partial charge in [-0.2, -0.15) is 5.10 Å². The second-order valence-corrected chi connectivity index (χ2v) is 10.0. The van der Waals surface area contributed by atoms with Gasteiger partial charge in [-0.15, -0.1) is 0 Å². The number of hydrogen-bond acceptors (Lipinski definition) is 2. The second-order valence-electron chi connectivity index (χ2n) is 10.0. The van der Waals surface area contributed by atoms with Crippen LogP contribution < -0.4 is 5.01 Å². The third-order valence-corrected chi connectivity index (χ3v) is 6.41. The number of nitrogens with zero attached hydrogens (tertiary/aromatic N) is 2. The summed E-state index contributed by atoms with van der Waals surface area (Å²) in [5, 5.41) is 7.29. The van der Waals surface area contributed by atoms with Crippen molar-refractivity contribution in [2.45, 2.75) is 38.6 Å². The van der Waals surface area contributed by atoms with Gasteiger partial charge in [-0.05, 0) is 58.5 Å². The molecular weight excluding hydrogens is 424 g/mol. The zero-order valence-electron chi connectivity index (χ0n) is 20.6. The van der Waals surface area contributed by atoms with Crippen LogP contribution in [0.2, 0.25) is 0 Å². The molecule has 4 aromatic carbocycles. The van der Waals surface area contributed by atoms with E-state index >= 15 is 0 Å². The molecule has 1 aliphatic heterocycles. The van der Waals surface area contributed by atoms with Gasteiger partial charge in [0.05, 0.1) is 17.4 Å². The third-order valence-electron chi connectivity index (χ3n) is 6.41. The fraction of sp³-hybridized carbons (Fsp3) is 0.182. The number of anilines is 1. The Labute approximate surface area is 209 Å². The molecule has 0 aromatic heterocycles. The van der Waals surface area contributed by atoms with Gasteiger partial charge in [0.2, 0.25) is 0 Å². The van der Waals surface area contributed by atoms with Crippen molar-refractivity contribution in [3.05, 3.63) is 137 Å². The van der Waals surface area contributed by atoms with Crippen molar-refractivity contribution < 1.29 is 0 Å². The topological polar surface area (TPSA) is 15.6 Å². The molecule has 0 spiro atoms. The first-order valence-electron chi connectivity index (χ1n) is 12.2. The number of rotatable bonds is 3. The molecule has 2 heteroatoms. The van der Waals surface area contributed by atoms with Crippen LogP contribution in [0.1, 0.15) is 61.1 Å². The quantitative estimate of drug-likeness (QED) is 0.289. The zero-order chi connectivity index (χ0) is 24.3. The first-order chi connectivity index (χ1) is 17.0. The highest BCUT2D eigenvalue weighted by Crippen LogP contribution is 2.37. The Hall–Kier alpha value is -4.09. The smallest absolute Gasteiger partial charge is 0.0831 e. The molecule has 0 aliphatic carbocycles. The average molecular weight is 455 g/mol. The maximum absolute atomic E-state index is 5.12. The Morgan fingerprint density at radius 2 is 1.34 bits per heavy atom. The van der Waals surface area contributed by atoms with E-state index in [2.05, 4.69) is 110 Å². The largest absolute Gasteiger partial charge is 0.257 e. The van der Waals surface area contributed by atoms with Gasteiger partial charge < -0.3 is 0 Å². The lowest BCUT2D eigenvalue weighted by atomic mass is 9.86. The van der Waals surface area contributed by atoms with E-state index in [1.165, 1.54) is 11.1 Å². The van der Waals surface area contributed by atoms with Gasteiger partial charge >= 0.3 is 0 Å². The fourth-order valence-corrected chi connectivity index (χ4v) is 4.41. The van der Waals surface area contributed by atoms with Gasteiger partial charge in [0.15, 0.2) is 0 Å². The van der Waals surface area contributed by atoms with E-state index in [-0.39, 0.29) is 11.5 Å². The number of benzene rings is 4. The van der Waals surface area contributed by atoms with Crippen molar-refractivity contribution >= 4 is 11.4 Å². The van der Waals surface area contributed by atoms with Gasteiger partial charge in [-0.3, -0.25) is 5.01 Å². The summed E-state index contributed by atoms with van der Waals surface area (Å²) in [5.74, 6) is 6.58. The zero-order valence-corrected chi connectivity index (χ0v) is 20.6. The molecule has 4 aromatic rings.